The third kappa shape index (κ3) is 7.92. The van der Waals surface area contributed by atoms with Crippen molar-refractivity contribution in [2.24, 2.45) is 10.9 Å². The van der Waals surface area contributed by atoms with Gasteiger partial charge in [-0.25, -0.2) is 13.7 Å². The number of carbonyl (C=O) groups excluding carboxylic acids is 2. The number of amides is 2. The molecule has 0 aromatic heterocycles. The van der Waals surface area contributed by atoms with Crippen LogP contribution in [0.2, 0.25) is 0 Å². The molecule has 2 amide bonds. The Morgan fingerprint density at radius 3 is 2.22 bits per heavy atom. The van der Waals surface area contributed by atoms with E-state index in [1.165, 1.54) is 0 Å². The molecule has 0 saturated heterocycles. The summed E-state index contributed by atoms with van der Waals surface area (Å²) in [7, 11) is 0. The lowest BCUT2D eigenvalue weighted by atomic mass is 10.1. The van der Waals surface area contributed by atoms with Gasteiger partial charge in [0, 0.05) is 12.2 Å². The number of aliphatic carboxylic acids is 2. The van der Waals surface area contributed by atoms with Crippen molar-refractivity contribution < 1.29 is 33.6 Å². The van der Waals surface area contributed by atoms with Crippen LogP contribution in [-0.2, 0) is 30.3 Å². The molecule has 0 bridgehead atoms. The first-order valence-electron chi connectivity index (χ1n) is 6.18. The number of rotatable bonds is 10. The zero-order chi connectivity index (χ0) is 18.2. The second kappa shape index (κ2) is 10.1. The molecular weight excluding hydrogens is 352 g/mol. The van der Waals surface area contributed by atoms with Gasteiger partial charge >= 0.3 is 11.9 Å². The monoisotopic (exact) mass is 370 g/mol. The van der Waals surface area contributed by atoms with Crippen LogP contribution < -0.4 is 16.2 Å². The van der Waals surface area contributed by atoms with Gasteiger partial charge < -0.3 is 21.3 Å². The number of carboxylic acid groups (broad SMARTS) is 2. The number of carboxylic acids is 2. The van der Waals surface area contributed by atoms with Gasteiger partial charge in [0.05, 0.1) is 0 Å². The lowest BCUT2D eigenvalue weighted by molar-refractivity contribution is -0.141. The third-order valence-corrected chi connectivity index (χ3v) is 3.67. The summed E-state index contributed by atoms with van der Waals surface area (Å²) in [6.45, 7) is -0.911. The fraction of sp³-hybridized carbons (Fsp3) is 0.600. The van der Waals surface area contributed by atoms with Gasteiger partial charge in [0.1, 0.15) is 18.6 Å². The van der Waals surface area contributed by atoms with E-state index in [1.54, 1.807) is 0 Å². The summed E-state index contributed by atoms with van der Waals surface area (Å²) in [5, 5.41) is 24.5. The average molecular weight is 370 g/mol. The Labute approximate surface area is 139 Å². The van der Waals surface area contributed by atoms with Crippen molar-refractivity contribution in [3.05, 3.63) is 0 Å². The van der Waals surface area contributed by atoms with Crippen molar-refractivity contribution in [3.63, 3.8) is 0 Å². The minimum atomic E-state index is -2.39. The fourth-order valence-corrected chi connectivity index (χ4v) is 2.18. The maximum atomic E-state index is 12.0. The van der Waals surface area contributed by atoms with E-state index in [0.29, 0.717) is 4.31 Å². The van der Waals surface area contributed by atoms with Crippen LogP contribution in [0.25, 0.3) is 0 Å². The Morgan fingerprint density at radius 2 is 1.83 bits per heavy atom. The van der Waals surface area contributed by atoms with Gasteiger partial charge in [-0.2, -0.15) is 12.6 Å². The first-order chi connectivity index (χ1) is 10.6. The molecule has 0 aromatic carbocycles. The van der Waals surface area contributed by atoms with Gasteiger partial charge in [0.15, 0.2) is 11.2 Å². The SMILES string of the molecule is NC(CCC(=O)NC(CS)C(=O)N(CC(=O)O)S(N)=O)C(=O)O. The van der Waals surface area contributed by atoms with Crippen molar-refractivity contribution in [3.8, 4) is 0 Å². The van der Waals surface area contributed by atoms with Gasteiger partial charge in [-0.1, -0.05) is 0 Å². The first-order valence-corrected chi connectivity index (χ1v) is 7.98. The number of nitrogens with one attached hydrogen (secondary N) is 1. The van der Waals surface area contributed by atoms with Crippen LogP contribution in [0.4, 0.5) is 0 Å². The molecule has 132 valence electrons. The first kappa shape index (κ1) is 21.3. The molecule has 0 aromatic rings. The average Bonchev–Trinajstić information content (AvgIpc) is 2.46. The summed E-state index contributed by atoms with van der Waals surface area (Å²) in [4.78, 5) is 44.9. The Bertz CT molecular complexity index is 502. The molecule has 0 aliphatic carbocycles. The predicted octanol–water partition coefficient (Wildman–Crippen LogP) is -2.96. The van der Waals surface area contributed by atoms with Crippen molar-refractivity contribution in [2.45, 2.75) is 24.9 Å². The largest absolute Gasteiger partial charge is 0.480 e. The Hall–Kier alpha value is -1.70. The number of nitrogens with two attached hydrogens (primary N) is 2. The van der Waals surface area contributed by atoms with Crippen molar-refractivity contribution >= 4 is 47.6 Å². The Balaban J connectivity index is 4.76. The van der Waals surface area contributed by atoms with Crippen molar-refractivity contribution in [2.75, 3.05) is 12.3 Å². The Morgan fingerprint density at radius 1 is 1.26 bits per heavy atom. The van der Waals surface area contributed by atoms with E-state index in [0.717, 1.165) is 0 Å². The summed E-state index contributed by atoms with van der Waals surface area (Å²) in [5.41, 5.74) is 5.24. The second-order valence-electron chi connectivity index (χ2n) is 4.33. The van der Waals surface area contributed by atoms with Crippen LogP contribution in [0.1, 0.15) is 12.8 Å². The van der Waals surface area contributed by atoms with Crippen molar-refractivity contribution in [1.29, 1.82) is 0 Å². The van der Waals surface area contributed by atoms with E-state index in [4.69, 9.17) is 21.1 Å². The van der Waals surface area contributed by atoms with E-state index in [9.17, 15) is 23.4 Å². The molecule has 0 rings (SSSR count). The number of nitrogens with zero attached hydrogens (tertiary/aromatic N) is 1. The molecule has 3 atom stereocenters. The fourth-order valence-electron chi connectivity index (χ4n) is 1.39. The third-order valence-electron chi connectivity index (χ3n) is 2.56. The van der Waals surface area contributed by atoms with E-state index >= 15 is 0 Å². The highest BCUT2D eigenvalue weighted by Gasteiger charge is 2.29. The molecule has 11 nitrogen and oxygen atoms in total. The zero-order valence-corrected chi connectivity index (χ0v) is 13.6. The van der Waals surface area contributed by atoms with Gasteiger partial charge in [-0.3, -0.25) is 19.2 Å². The maximum Gasteiger partial charge on any atom is 0.324 e. The minimum Gasteiger partial charge on any atom is -0.480 e. The molecule has 0 fully saturated rings. The molecular formula is C10H18N4O7S2. The van der Waals surface area contributed by atoms with Crippen LogP contribution in [0.3, 0.4) is 0 Å². The van der Waals surface area contributed by atoms with Crippen LogP contribution >= 0.6 is 12.6 Å². The number of hydrogen-bond acceptors (Lipinski definition) is 7. The van der Waals surface area contributed by atoms with Crippen LogP contribution in [-0.4, -0.2) is 66.9 Å². The van der Waals surface area contributed by atoms with Gasteiger partial charge in [-0.05, 0) is 6.42 Å². The van der Waals surface area contributed by atoms with Crippen LogP contribution in [0.5, 0.6) is 0 Å². The molecule has 0 spiro atoms. The van der Waals surface area contributed by atoms with Crippen molar-refractivity contribution in [1.82, 2.24) is 9.62 Å². The molecule has 23 heavy (non-hydrogen) atoms. The number of thiol groups is 1. The summed E-state index contributed by atoms with van der Waals surface area (Å²) >= 11 is 1.47. The Kier molecular flexibility index (Phi) is 9.40. The summed E-state index contributed by atoms with van der Waals surface area (Å²) in [5.74, 6) is -4.59. The standard InChI is InChI=1S/C10H18N4O7S2/c11-5(10(19)20)1-2-7(15)13-6(4-22)9(18)14(23(12)21)3-8(16)17/h5-6,22H,1-4,11-12H2,(H,13,15)(H,16,17)(H,19,20). The summed E-state index contributed by atoms with van der Waals surface area (Å²) in [6, 6.07) is -2.50. The number of carbonyl (C=O) groups is 4. The molecule has 0 aliphatic rings. The van der Waals surface area contributed by atoms with E-state index in [-0.39, 0.29) is 18.6 Å². The van der Waals surface area contributed by atoms with E-state index in [2.05, 4.69) is 17.9 Å². The quantitative estimate of drug-likeness (QED) is 0.219. The summed E-state index contributed by atoms with van der Waals surface area (Å²) < 4.78 is 11.6. The highest BCUT2D eigenvalue weighted by atomic mass is 32.2. The second-order valence-corrected chi connectivity index (χ2v) is 5.69. The van der Waals surface area contributed by atoms with Gasteiger partial charge in [-0.15, -0.1) is 0 Å². The molecule has 0 aliphatic heterocycles. The predicted molar refractivity (Wildman–Crippen MR) is 82.3 cm³/mol. The molecule has 13 heteroatoms. The van der Waals surface area contributed by atoms with Crippen LogP contribution in [0.15, 0.2) is 0 Å². The number of hydrogen-bond donors (Lipinski definition) is 6. The highest BCUT2D eigenvalue weighted by Crippen LogP contribution is 2.02. The lowest BCUT2D eigenvalue weighted by Crippen LogP contribution is -2.52. The van der Waals surface area contributed by atoms with Gasteiger partial charge in [0.2, 0.25) is 5.91 Å². The van der Waals surface area contributed by atoms with E-state index in [1.807, 2.05) is 0 Å². The molecule has 3 unspecified atom stereocenters. The molecule has 7 N–H and O–H groups in total. The van der Waals surface area contributed by atoms with E-state index < -0.39 is 53.6 Å². The minimum absolute atomic E-state index is 0.156. The maximum absolute atomic E-state index is 12.0. The lowest BCUT2D eigenvalue weighted by Gasteiger charge is -2.23. The van der Waals surface area contributed by atoms with Gasteiger partial charge in [0.25, 0.3) is 5.91 Å². The summed E-state index contributed by atoms with van der Waals surface area (Å²) in [6.07, 6.45) is -0.425. The molecule has 0 saturated carbocycles. The zero-order valence-electron chi connectivity index (χ0n) is 11.9. The highest BCUT2D eigenvalue weighted by molar-refractivity contribution is 7.81. The normalized spacial score (nSPS) is 14.4. The smallest absolute Gasteiger partial charge is 0.324 e. The van der Waals surface area contributed by atoms with Crippen LogP contribution in [0, 0.1) is 0 Å². The topological polar surface area (TPSA) is 193 Å². The molecule has 0 radical (unpaired) electrons. The molecule has 0 heterocycles.